The second-order valence-electron chi connectivity index (χ2n) is 9.58. The molecule has 1 saturated heterocycles. The molecule has 1 aromatic rings. The molecule has 0 spiro atoms. The number of aliphatic hydroxyl groups excluding tert-OH is 1. The third-order valence-corrected chi connectivity index (χ3v) is 6.94. The molecule has 4 rings (SSSR count). The Hall–Kier alpha value is -2.29. The molecular formula is C26H38N2O6. The van der Waals surface area contributed by atoms with Crippen molar-refractivity contribution < 1.29 is 28.8 Å². The summed E-state index contributed by atoms with van der Waals surface area (Å²) < 4.78 is 22.9. The quantitative estimate of drug-likeness (QED) is 0.589. The second-order valence-corrected chi connectivity index (χ2v) is 9.58. The summed E-state index contributed by atoms with van der Waals surface area (Å²) >= 11 is 0. The molecule has 1 amide bonds. The molecule has 3 unspecified atom stereocenters. The van der Waals surface area contributed by atoms with E-state index in [9.17, 15) is 9.90 Å². The smallest absolute Gasteiger partial charge is 0.288 e. The van der Waals surface area contributed by atoms with Crippen molar-refractivity contribution >= 4 is 5.91 Å². The van der Waals surface area contributed by atoms with E-state index in [0.29, 0.717) is 37.8 Å². The Morgan fingerprint density at radius 3 is 2.65 bits per heavy atom. The van der Waals surface area contributed by atoms with E-state index < -0.39 is 6.29 Å². The highest BCUT2D eigenvalue weighted by Gasteiger charge is 2.39. The summed E-state index contributed by atoms with van der Waals surface area (Å²) in [6.07, 6.45) is 3.05. The van der Waals surface area contributed by atoms with Crippen LogP contribution in [0.4, 0.5) is 0 Å². The maximum absolute atomic E-state index is 13.4. The summed E-state index contributed by atoms with van der Waals surface area (Å²) in [6, 6.07) is 6.06. The number of ether oxygens (including phenoxy) is 4. The minimum Gasteiger partial charge on any atom is -0.459 e. The highest BCUT2D eigenvalue weighted by atomic mass is 16.7. The summed E-state index contributed by atoms with van der Waals surface area (Å²) in [5.74, 6) is 2.58. The number of fused-ring (bicyclic) bond motifs is 1. The summed E-state index contributed by atoms with van der Waals surface area (Å²) in [5, 5.41) is 9.33. The fourth-order valence-corrected chi connectivity index (χ4v) is 5.08. The zero-order valence-electron chi connectivity index (χ0n) is 20.6. The SMILES string of the molecule is CCOC1OC(C(=O)N2CCN(Cc3ccc4c(c3)OCO4)CC2)=CC(C(C)C)C1CCCO. The largest absolute Gasteiger partial charge is 0.459 e. The monoisotopic (exact) mass is 474 g/mol. The standard InChI is InChI=1S/C26H38N2O6/c1-4-31-26-20(6-5-13-29)21(18(2)3)15-24(34-26)25(30)28-11-9-27(10-12-28)16-19-7-8-22-23(14-19)33-17-32-22/h7-8,14-15,18,20-21,26,29H,4-6,9-13,16-17H2,1-3H3. The lowest BCUT2D eigenvalue weighted by Crippen LogP contribution is -2.50. The van der Waals surface area contributed by atoms with Gasteiger partial charge in [0.05, 0.1) is 0 Å². The highest BCUT2D eigenvalue weighted by Crippen LogP contribution is 2.37. The Kier molecular flexibility index (Phi) is 8.34. The van der Waals surface area contributed by atoms with E-state index in [2.05, 4.69) is 24.8 Å². The lowest BCUT2D eigenvalue weighted by Gasteiger charge is -2.40. The fourth-order valence-electron chi connectivity index (χ4n) is 5.08. The topological polar surface area (TPSA) is 80.7 Å². The molecule has 8 heteroatoms. The molecule has 0 saturated carbocycles. The van der Waals surface area contributed by atoms with Crippen LogP contribution < -0.4 is 9.47 Å². The molecule has 1 N–H and O–H groups in total. The van der Waals surface area contributed by atoms with Crippen molar-refractivity contribution in [1.82, 2.24) is 9.80 Å². The number of allylic oxidation sites excluding steroid dienone is 1. The van der Waals surface area contributed by atoms with Crippen LogP contribution in [-0.2, 0) is 20.8 Å². The third kappa shape index (κ3) is 5.67. The van der Waals surface area contributed by atoms with Gasteiger partial charge in [-0.2, -0.15) is 0 Å². The second kappa shape index (κ2) is 11.4. The number of carbonyl (C=O) groups excluding carboxylic acids is 1. The van der Waals surface area contributed by atoms with Gasteiger partial charge in [-0.25, -0.2) is 0 Å². The van der Waals surface area contributed by atoms with Gasteiger partial charge in [-0.15, -0.1) is 0 Å². The Labute approximate surface area is 202 Å². The van der Waals surface area contributed by atoms with Gasteiger partial charge in [0, 0.05) is 51.9 Å². The predicted octanol–water partition coefficient (Wildman–Crippen LogP) is 3.00. The highest BCUT2D eigenvalue weighted by molar-refractivity contribution is 5.91. The van der Waals surface area contributed by atoms with Crippen LogP contribution in [0.15, 0.2) is 30.0 Å². The number of aliphatic hydroxyl groups is 1. The molecule has 188 valence electrons. The van der Waals surface area contributed by atoms with Crippen LogP contribution in [0.2, 0.25) is 0 Å². The van der Waals surface area contributed by atoms with Crippen molar-refractivity contribution in [2.24, 2.45) is 17.8 Å². The molecule has 1 aromatic carbocycles. The molecule has 34 heavy (non-hydrogen) atoms. The number of hydrogen-bond donors (Lipinski definition) is 1. The first-order valence-corrected chi connectivity index (χ1v) is 12.5. The van der Waals surface area contributed by atoms with E-state index in [1.807, 2.05) is 30.0 Å². The normalized spacial score (nSPS) is 24.8. The van der Waals surface area contributed by atoms with E-state index in [1.54, 1.807) is 0 Å². The van der Waals surface area contributed by atoms with E-state index in [-0.39, 0.29) is 31.1 Å². The summed E-state index contributed by atoms with van der Waals surface area (Å²) in [6.45, 7) is 10.9. The number of benzene rings is 1. The summed E-state index contributed by atoms with van der Waals surface area (Å²) in [4.78, 5) is 17.6. The van der Waals surface area contributed by atoms with Crippen molar-refractivity contribution in [3.63, 3.8) is 0 Å². The Bertz CT molecular complexity index is 865. The van der Waals surface area contributed by atoms with Crippen molar-refractivity contribution in [3.05, 3.63) is 35.6 Å². The van der Waals surface area contributed by atoms with Crippen molar-refractivity contribution in [3.8, 4) is 11.5 Å². The van der Waals surface area contributed by atoms with Crippen LogP contribution in [-0.4, -0.2) is 73.3 Å². The molecule has 0 aliphatic carbocycles. The Morgan fingerprint density at radius 2 is 1.94 bits per heavy atom. The molecular weight excluding hydrogens is 436 g/mol. The van der Waals surface area contributed by atoms with Crippen LogP contribution in [0, 0.1) is 17.8 Å². The molecule has 3 atom stereocenters. The minimum absolute atomic E-state index is 0.0568. The first-order chi connectivity index (χ1) is 16.5. The van der Waals surface area contributed by atoms with Crippen molar-refractivity contribution in [1.29, 1.82) is 0 Å². The van der Waals surface area contributed by atoms with Gasteiger partial charge in [0.15, 0.2) is 17.3 Å². The van der Waals surface area contributed by atoms with Gasteiger partial charge < -0.3 is 29.0 Å². The van der Waals surface area contributed by atoms with E-state index in [4.69, 9.17) is 18.9 Å². The van der Waals surface area contributed by atoms with Crippen LogP contribution in [0.1, 0.15) is 39.2 Å². The summed E-state index contributed by atoms with van der Waals surface area (Å²) in [5.41, 5.74) is 1.18. The molecule has 0 aromatic heterocycles. The predicted molar refractivity (Wildman–Crippen MR) is 127 cm³/mol. The molecule has 3 aliphatic heterocycles. The Morgan fingerprint density at radius 1 is 1.18 bits per heavy atom. The fraction of sp³-hybridized carbons (Fsp3) is 0.654. The van der Waals surface area contributed by atoms with Crippen LogP contribution in [0.25, 0.3) is 0 Å². The maximum atomic E-state index is 13.4. The molecule has 8 nitrogen and oxygen atoms in total. The first kappa shape index (κ1) is 24.8. The van der Waals surface area contributed by atoms with Gasteiger partial charge >= 0.3 is 0 Å². The molecule has 3 heterocycles. The van der Waals surface area contributed by atoms with E-state index >= 15 is 0 Å². The minimum atomic E-state index is -0.458. The molecule has 0 bridgehead atoms. The van der Waals surface area contributed by atoms with Crippen molar-refractivity contribution in [2.75, 3.05) is 46.2 Å². The lowest BCUT2D eigenvalue weighted by molar-refractivity contribution is -0.178. The van der Waals surface area contributed by atoms with Gasteiger partial charge in [-0.3, -0.25) is 9.69 Å². The van der Waals surface area contributed by atoms with Crippen molar-refractivity contribution in [2.45, 2.75) is 46.4 Å². The number of carbonyl (C=O) groups is 1. The van der Waals surface area contributed by atoms with E-state index in [1.165, 1.54) is 5.56 Å². The van der Waals surface area contributed by atoms with Crippen LogP contribution >= 0.6 is 0 Å². The molecule has 0 radical (unpaired) electrons. The Balaban J connectivity index is 1.37. The molecule has 1 fully saturated rings. The van der Waals surface area contributed by atoms with Gasteiger partial charge in [-0.1, -0.05) is 19.9 Å². The summed E-state index contributed by atoms with van der Waals surface area (Å²) in [7, 11) is 0. The zero-order chi connectivity index (χ0) is 24.1. The van der Waals surface area contributed by atoms with Gasteiger partial charge in [0.1, 0.15) is 0 Å². The van der Waals surface area contributed by atoms with Gasteiger partial charge in [-0.05, 0) is 55.4 Å². The first-order valence-electron chi connectivity index (χ1n) is 12.5. The average Bonchev–Trinajstić information content (AvgIpc) is 3.31. The number of piperazine rings is 1. The van der Waals surface area contributed by atoms with Gasteiger partial charge in [0.25, 0.3) is 5.91 Å². The number of nitrogens with zero attached hydrogens (tertiary/aromatic N) is 2. The zero-order valence-corrected chi connectivity index (χ0v) is 20.6. The molecule has 3 aliphatic rings. The lowest BCUT2D eigenvalue weighted by atomic mass is 9.78. The van der Waals surface area contributed by atoms with E-state index in [0.717, 1.165) is 37.6 Å². The van der Waals surface area contributed by atoms with Crippen LogP contribution in [0.5, 0.6) is 11.5 Å². The van der Waals surface area contributed by atoms with Crippen LogP contribution in [0.3, 0.4) is 0 Å². The number of amides is 1. The number of hydrogen-bond acceptors (Lipinski definition) is 7. The third-order valence-electron chi connectivity index (χ3n) is 6.94. The maximum Gasteiger partial charge on any atom is 0.288 e. The van der Waals surface area contributed by atoms with Gasteiger partial charge in [0.2, 0.25) is 13.1 Å². The average molecular weight is 475 g/mol. The number of rotatable bonds is 9.